The maximum Gasteiger partial charge on any atom is 0.269 e. The first-order valence-electron chi connectivity index (χ1n) is 6.91. The van der Waals surface area contributed by atoms with Crippen molar-refractivity contribution in [3.05, 3.63) is 39.9 Å². The zero-order valence-electron chi connectivity index (χ0n) is 11.3. The van der Waals surface area contributed by atoms with E-state index in [1.807, 2.05) is 0 Å². The number of non-ortho nitro benzene ring substituents is 1. The predicted molar refractivity (Wildman–Crippen MR) is 74.4 cm³/mol. The van der Waals surface area contributed by atoms with E-state index in [0.29, 0.717) is 5.56 Å². The van der Waals surface area contributed by atoms with Gasteiger partial charge >= 0.3 is 0 Å². The van der Waals surface area contributed by atoms with Crippen LogP contribution in [0.1, 0.15) is 30.9 Å². The normalized spacial score (nSPS) is 19.5. The number of nitro groups is 1. The minimum atomic E-state index is -0.834. The Morgan fingerprint density at radius 3 is 2.30 bits per heavy atom. The highest BCUT2D eigenvalue weighted by Crippen LogP contribution is 2.25. The molecule has 1 aliphatic heterocycles. The molecule has 1 saturated heterocycles. The van der Waals surface area contributed by atoms with Gasteiger partial charge < -0.3 is 10.2 Å². The summed E-state index contributed by atoms with van der Waals surface area (Å²) in [6, 6.07) is 5.51. The van der Waals surface area contributed by atoms with Gasteiger partial charge in [-0.15, -0.1) is 0 Å². The number of hydrogen-bond donors (Lipinski definition) is 2. The molecule has 2 atom stereocenters. The third-order valence-electron chi connectivity index (χ3n) is 3.86. The fourth-order valence-corrected chi connectivity index (χ4v) is 2.68. The fourth-order valence-electron chi connectivity index (χ4n) is 2.68. The van der Waals surface area contributed by atoms with Crippen molar-refractivity contribution in [3.63, 3.8) is 0 Å². The van der Waals surface area contributed by atoms with Gasteiger partial charge in [-0.05, 0) is 43.6 Å². The Labute approximate surface area is 117 Å². The molecular weight excluding hydrogens is 260 g/mol. The molecule has 0 spiro atoms. The Balaban J connectivity index is 2.10. The quantitative estimate of drug-likeness (QED) is 0.630. The standard InChI is InChI=1S/C14H20N2O4/c17-10-13(15-8-2-1-3-9-15)14(18)11-4-6-12(7-5-11)16(19)20/h4-7,13-14,17-18H,1-3,8-10H2/t13-,14-/m0/s1. The van der Waals surface area contributed by atoms with Crippen LogP contribution < -0.4 is 0 Å². The van der Waals surface area contributed by atoms with Crippen molar-refractivity contribution in [2.75, 3.05) is 19.7 Å². The van der Waals surface area contributed by atoms with Crippen molar-refractivity contribution in [2.45, 2.75) is 31.4 Å². The van der Waals surface area contributed by atoms with Crippen molar-refractivity contribution in [1.82, 2.24) is 4.90 Å². The van der Waals surface area contributed by atoms with Gasteiger partial charge in [0.15, 0.2) is 0 Å². The highest BCUT2D eigenvalue weighted by molar-refractivity contribution is 5.34. The molecule has 1 aliphatic rings. The number of rotatable bonds is 5. The van der Waals surface area contributed by atoms with E-state index in [9.17, 15) is 20.3 Å². The van der Waals surface area contributed by atoms with Crippen LogP contribution in [0.25, 0.3) is 0 Å². The minimum absolute atomic E-state index is 0.000490. The van der Waals surface area contributed by atoms with E-state index in [1.54, 1.807) is 12.1 Å². The van der Waals surface area contributed by atoms with E-state index in [4.69, 9.17) is 0 Å². The third-order valence-corrected chi connectivity index (χ3v) is 3.86. The van der Waals surface area contributed by atoms with Gasteiger partial charge in [0.1, 0.15) is 0 Å². The number of hydrogen-bond acceptors (Lipinski definition) is 5. The molecule has 1 aromatic carbocycles. The lowest BCUT2D eigenvalue weighted by Crippen LogP contribution is -2.45. The van der Waals surface area contributed by atoms with Crippen LogP contribution in [0.2, 0.25) is 0 Å². The molecule has 2 N–H and O–H groups in total. The molecule has 0 radical (unpaired) electrons. The summed E-state index contributed by atoms with van der Waals surface area (Å²) in [7, 11) is 0. The molecule has 0 saturated carbocycles. The molecule has 20 heavy (non-hydrogen) atoms. The highest BCUT2D eigenvalue weighted by Gasteiger charge is 2.27. The lowest BCUT2D eigenvalue weighted by atomic mass is 9.99. The van der Waals surface area contributed by atoms with Crippen molar-refractivity contribution in [3.8, 4) is 0 Å². The largest absolute Gasteiger partial charge is 0.395 e. The molecule has 0 aromatic heterocycles. The zero-order valence-corrected chi connectivity index (χ0v) is 11.3. The molecule has 0 unspecified atom stereocenters. The second-order valence-corrected chi connectivity index (χ2v) is 5.14. The minimum Gasteiger partial charge on any atom is -0.395 e. The van der Waals surface area contributed by atoms with Gasteiger partial charge in [-0.25, -0.2) is 0 Å². The molecule has 0 bridgehead atoms. The summed E-state index contributed by atoms with van der Waals surface area (Å²) in [5.41, 5.74) is 0.597. The third kappa shape index (κ3) is 3.33. The van der Waals surface area contributed by atoms with Gasteiger partial charge in [-0.1, -0.05) is 6.42 Å². The van der Waals surface area contributed by atoms with Crippen LogP contribution in [0, 0.1) is 10.1 Å². The first kappa shape index (κ1) is 14.9. The number of likely N-dealkylation sites (tertiary alicyclic amines) is 1. The van der Waals surface area contributed by atoms with Gasteiger partial charge in [-0.2, -0.15) is 0 Å². The lowest BCUT2D eigenvalue weighted by Gasteiger charge is -2.36. The van der Waals surface area contributed by atoms with Crippen LogP contribution in [0.15, 0.2) is 24.3 Å². The second-order valence-electron chi connectivity index (χ2n) is 5.14. The van der Waals surface area contributed by atoms with Gasteiger partial charge in [-0.3, -0.25) is 15.0 Å². The van der Waals surface area contributed by atoms with E-state index < -0.39 is 11.0 Å². The van der Waals surface area contributed by atoms with Gasteiger partial charge in [0, 0.05) is 12.1 Å². The molecule has 1 fully saturated rings. The number of benzene rings is 1. The van der Waals surface area contributed by atoms with E-state index >= 15 is 0 Å². The average Bonchev–Trinajstić information content (AvgIpc) is 2.49. The highest BCUT2D eigenvalue weighted by atomic mass is 16.6. The molecule has 0 amide bonds. The summed E-state index contributed by atoms with van der Waals surface area (Å²) in [5.74, 6) is 0. The Bertz CT molecular complexity index is 443. The predicted octanol–water partition coefficient (Wildman–Crippen LogP) is 1.47. The van der Waals surface area contributed by atoms with Gasteiger partial charge in [0.25, 0.3) is 5.69 Å². The Morgan fingerprint density at radius 1 is 1.20 bits per heavy atom. The van der Waals surface area contributed by atoms with Gasteiger partial charge in [0.05, 0.1) is 23.7 Å². The molecule has 1 aromatic rings. The Hall–Kier alpha value is -1.50. The molecule has 110 valence electrons. The molecule has 0 aliphatic carbocycles. The summed E-state index contributed by atoms with van der Waals surface area (Å²) in [6.07, 6.45) is 2.49. The van der Waals surface area contributed by atoms with E-state index in [0.717, 1.165) is 25.9 Å². The van der Waals surface area contributed by atoms with Crippen LogP contribution in [0.5, 0.6) is 0 Å². The summed E-state index contributed by atoms with van der Waals surface area (Å²) < 4.78 is 0. The molecular formula is C14H20N2O4. The van der Waals surface area contributed by atoms with E-state index in [-0.39, 0.29) is 18.3 Å². The lowest BCUT2D eigenvalue weighted by molar-refractivity contribution is -0.384. The van der Waals surface area contributed by atoms with Crippen molar-refractivity contribution < 1.29 is 15.1 Å². The summed E-state index contributed by atoms with van der Waals surface area (Å²) in [4.78, 5) is 12.2. The summed E-state index contributed by atoms with van der Waals surface area (Å²) >= 11 is 0. The van der Waals surface area contributed by atoms with Crippen molar-refractivity contribution in [1.29, 1.82) is 0 Å². The maximum absolute atomic E-state index is 10.6. The SMILES string of the molecule is O=[N+]([O-])c1ccc([C@H](O)[C@H](CO)N2CCCCC2)cc1. The summed E-state index contributed by atoms with van der Waals surface area (Å²) in [6.45, 7) is 1.61. The number of nitrogens with zero attached hydrogens (tertiary/aromatic N) is 2. The average molecular weight is 280 g/mol. The van der Waals surface area contributed by atoms with Crippen LogP contribution in [0.4, 0.5) is 5.69 Å². The Morgan fingerprint density at radius 2 is 1.80 bits per heavy atom. The first-order valence-corrected chi connectivity index (χ1v) is 6.91. The second kappa shape index (κ2) is 6.78. The topological polar surface area (TPSA) is 86.8 Å². The van der Waals surface area contributed by atoms with Gasteiger partial charge in [0.2, 0.25) is 0 Å². The number of aliphatic hydroxyl groups is 2. The maximum atomic E-state index is 10.6. The van der Waals surface area contributed by atoms with Crippen LogP contribution in [0.3, 0.4) is 0 Å². The number of aliphatic hydroxyl groups excluding tert-OH is 2. The van der Waals surface area contributed by atoms with E-state index in [1.165, 1.54) is 18.6 Å². The fraction of sp³-hybridized carbons (Fsp3) is 0.571. The van der Waals surface area contributed by atoms with Crippen LogP contribution in [-0.4, -0.2) is 45.8 Å². The molecule has 6 heteroatoms. The smallest absolute Gasteiger partial charge is 0.269 e. The van der Waals surface area contributed by atoms with E-state index in [2.05, 4.69) is 4.90 Å². The first-order chi connectivity index (χ1) is 9.63. The monoisotopic (exact) mass is 280 g/mol. The Kier molecular flexibility index (Phi) is 5.05. The van der Waals surface area contributed by atoms with Crippen LogP contribution >= 0.6 is 0 Å². The van der Waals surface area contributed by atoms with Crippen molar-refractivity contribution >= 4 is 5.69 Å². The molecule has 6 nitrogen and oxygen atoms in total. The molecule has 2 rings (SSSR count). The van der Waals surface area contributed by atoms with Crippen molar-refractivity contribution in [2.24, 2.45) is 0 Å². The number of piperidine rings is 1. The summed E-state index contributed by atoms with van der Waals surface area (Å²) in [5, 5.41) is 30.5. The molecule has 1 heterocycles. The number of nitro benzene ring substituents is 1. The zero-order chi connectivity index (χ0) is 14.5. The van der Waals surface area contributed by atoms with Crippen LogP contribution in [-0.2, 0) is 0 Å².